The molecule has 0 fully saturated rings. The van der Waals surface area contributed by atoms with Crippen molar-refractivity contribution >= 4 is 0 Å². The van der Waals surface area contributed by atoms with Gasteiger partial charge in [-0.15, -0.1) is 0 Å². The Labute approximate surface area is 122 Å². The summed E-state index contributed by atoms with van der Waals surface area (Å²) in [5.41, 5.74) is 0.646. The van der Waals surface area contributed by atoms with Crippen molar-refractivity contribution in [3.63, 3.8) is 0 Å². The first kappa shape index (κ1) is 15.3. The van der Waals surface area contributed by atoms with Gasteiger partial charge in [-0.25, -0.2) is 0 Å². The standard InChI is InChI=1S/C16H18O5/c1-15(2,10-3-6-12(17)7-4-10)11-5-8-14(18)13(9-11)16(19,20)21/h3-9,17-21H,1-2H3. The van der Waals surface area contributed by atoms with E-state index in [-0.39, 0.29) is 11.3 Å². The van der Waals surface area contributed by atoms with Gasteiger partial charge in [0.05, 0.1) is 5.56 Å². The lowest BCUT2D eigenvalue weighted by Gasteiger charge is -2.28. The molecule has 21 heavy (non-hydrogen) atoms. The minimum atomic E-state index is -3.11. The van der Waals surface area contributed by atoms with Crippen molar-refractivity contribution in [1.29, 1.82) is 0 Å². The molecule has 5 heteroatoms. The molecular weight excluding hydrogens is 272 g/mol. The summed E-state index contributed by atoms with van der Waals surface area (Å²) in [5, 5.41) is 46.8. The Bertz CT molecular complexity index is 639. The summed E-state index contributed by atoms with van der Waals surface area (Å²) in [6, 6.07) is 10.9. The van der Waals surface area contributed by atoms with Gasteiger partial charge in [0.1, 0.15) is 11.5 Å². The van der Waals surface area contributed by atoms with Crippen molar-refractivity contribution in [3.8, 4) is 11.5 Å². The number of phenolic OH excluding ortho intramolecular Hbond substituents is 2. The summed E-state index contributed by atoms with van der Waals surface area (Å²) in [7, 11) is 0. The van der Waals surface area contributed by atoms with Gasteiger partial charge >= 0.3 is 5.97 Å². The Kier molecular flexibility index (Phi) is 3.67. The predicted octanol–water partition coefficient (Wildman–Crippen LogP) is 1.51. The molecular formula is C16H18O5. The summed E-state index contributed by atoms with van der Waals surface area (Å²) in [6.45, 7) is 3.81. The molecule has 2 rings (SSSR count). The summed E-state index contributed by atoms with van der Waals surface area (Å²) in [4.78, 5) is 0. The van der Waals surface area contributed by atoms with Crippen LogP contribution in [0.3, 0.4) is 0 Å². The predicted molar refractivity (Wildman–Crippen MR) is 76.7 cm³/mol. The molecule has 0 heterocycles. The maximum absolute atomic E-state index is 9.63. The van der Waals surface area contributed by atoms with Crippen LogP contribution in [0.5, 0.6) is 11.5 Å². The minimum Gasteiger partial charge on any atom is -0.508 e. The SMILES string of the molecule is CC(C)(c1ccc(O)cc1)c1ccc(O)c(C(O)(O)O)c1. The van der Waals surface area contributed by atoms with E-state index in [2.05, 4.69) is 0 Å². The zero-order chi connectivity index (χ0) is 15.8. The molecule has 5 nitrogen and oxygen atoms in total. The fourth-order valence-electron chi connectivity index (χ4n) is 2.24. The van der Waals surface area contributed by atoms with E-state index in [1.165, 1.54) is 12.1 Å². The van der Waals surface area contributed by atoms with Gasteiger partial charge < -0.3 is 25.5 Å². The third kappa shape index (κ3) is 3.00. The fraction of sp³-hybridized carbons (Fsp3) is 0.250. The number of hydrogen-bond acceptors (Lipinski definition) is 5. The smallest absolute Gasteiger partial charge is 0.308 e. The number of benzene rings is 2. The van der Waals surface area contributed by atoms with E-state index in [4.69, 9.17) is 0 Å². The molecule has 0 unspecified atom stereocenters. The van der Waals surface area contributed by atoms with E-state index in [0.29, 0.717) is 5.56 Å². The van der Waals surface area contributed by atoms with Crippen LogP contribution in [0.4, 0.5) is 0 Å². The topological polar surface area (TPSA) is 101 Å². The lowest BCUT2D eigenvalue weighted by Crippen LogP contribution is -2.26. The maximum atomic E-state index is 9.63. The van der Waals surface area contributed by atoms with Gasteiger partial charge in [0.25, 0.3) is 0 Å². The lowest BCUT2D eigenvalue weighted by molar-refractivity contribution is -0.324. The van der Waals surface area contributed by atoms with E-state index in [0.717, 1.165) is 5.56 Å². The number of aromatic hydroxyl groups is 2. The van der Waals surface area contributed by atoms with Gasteiger partial charge in [0.15, 0.2) is 0 Å². The van der Waals surface area contributed by atoms with Gasteiger partial charge in [-0.2, -0.15) is 0 Å². The van der Waals surface area contributed by atoms with Crippen molar-refractivity contribution in [1.82, 2.24) is 0 Å². The van der Waals surface area contributed by atoms with Crippen LogP contribution >= 0.6 is 0 Å². The second kappa shape index (κ2) is 5.04. The van der Waals surface area contributed by atoms with Gasteiger partial charge in [-0.05, 0) is 35.4 Å². The van der Waals surface area contributed by atoms with E-state index < -0.39 is 17.1 Å². The van der Waals surface area contributed by atoms with Crippen molar-refractivity contribution in [2.24, 2.45) is 0 Å². The molecule has 0 saturated carbocycles. The summed E-state index contributed by atoms with van der Waals surface area (Å²) in [5.74, 6) is -3.36. The number of rotatable bonds is 3. The monoisotopic (exact) mass is 290 g/mol. The van der Waals surface area contributed by atoms with E-state index >= 15 is 0 Å². The van der Waals surface area contributed by atoms with Crippen LogP contribution in [0.15, 0.2) is 42.5 Å². The second-order valence-electron chi connectivity index (χ2n) is 5.54. The first-order valence-electron chi connectivity index (χ1n) is 6.43. The van der Waals surface area contributed by atoms with Gasteiger partial charge in [0.2, 0.25) is 0 Å². The molecule has 0 radical (unpaired) electrons. The molecule has 0 bridgehead atoms. The van der Waals surface area contributed by atoms with Crippen LogP contribution in [0.1, 0.15) is 30.5 Å². The number of phenols is 2. The zero-order valence-corrected chi connectivity index (χ0v) is 11.8. The minimum absolute atomic E-state index is 0.154. The highest BCUT2D eigenvalue weighted by atomic mass is 16.7. The molecule has 0 spiro atoms. The van der Waals surface area contributed by atoms with Crippen LogP contribution in [-0.2, 0) is 11.4 Å². The second-order valence-corrected chi connectivity index (χ2v) is 5.54. The van der Waals surface area contributed by atoms with Crippen molar-refractivity contribution in [3.05, 3.63) is 59.2 Å². The Morgan fingerprint density at radius 3 is 1.81 bits per heavy atom. The molecule has 5 N–H and O–H groups in total. The molecule has 0 aliphatic carbocycles. The number of hydrogen-bond donors (Lipinski definition) is 5. The molecule has 112 valence electrons. The van der Waals surface area contributed by atoms with Crippen molar-refractivity contribution in [2.45, 2.75) is 25.2 Å². The Morgan fingerprint density at radius 1 is 0.762 bits per heavy atom. The van der Waals surface area contributed by atoms with E-state index in [1.54, 1.807) is 30.3 Å². The van der Waals surface area contributed by atoms with Gasteiger partial charge in [-0.1, -0.05) is 32.0 Å². The van der Waals surface area contributed by atoms with Crippen LogP contribution in [0.2, 0.25) is 0 Å². The fourth-order valence-corrected chi connectivity index (χ4v) is 2.24. The average molecular weight is 290 g/mol. The Balaban J connectivity index is 2.52. The zero-order valence-electron chi connectivity index (χ0n) is 11.8. The van der Waals surface area contributed by atoms with Crippen LogP contribution in [0.25, 0.3) is 0 Å². The molecule has 2 aromatic carbocycles. The molecule has 2 aromatic rings. The highest BCUT2D eigenvalue weighted by molar-refractivity contribution is 5.45. The summed E-state index contributed by atoms with van der Waals surface area (Å²) < 4.78 is 0. The van der Waals surface area contributed by atoms with Gasteiger partial charge in [-0.3, -0.25) is 0 Å². The maximum Gasteiger partial charge on any atom is 0.308 e. The molecule has 0 atom stereocenters. The highest BCUT2D eigenvalue weighted by Crippen LogP contribution is 2.36. The van der Waals surface area contributed by atoms with E-state index in [1.807, 2.05) is 13.8 Å². The highest BCUT2D eigenvalue weighted by Gasteiger charge is 2.30. The van der Waals surface area contributed by atoms with Gasteiger partial charge in [0, 0.05) is 5.41 Å². The Hall–Kier alpha value is -2.08. The first-order valence-corrected chi connectivity index (χ1v) is 6.43. The third-order valence-corrected chi connectivity index (χ3v) is 3.67. The van der Waals surface area contributed by atoms with Crippen LogP contribution in [-0.4, -0.2) is 25.5 Å². The molecule has 0 aliphatic rings. The van der Waals surface area contributed by atoms with E-state index in [9.17, 15) is 25.5 Å². The summed E-state index contributed by atoms with van der Waals surface area (Å²) in [6.07, 6.45) is 0. The van der Waals surface area contributed by atoms with Crippen molar-refractivity contribution < 1.29 is 25.5 Å². The third-order valence-electron chi connectivity index (χ3n) is 3.67. The Morgan fingerprint density at radius 2 is 1.29 bits per heavy atom. The molecule has 0 aromatic heterocycles. The number of aliphatic hydroxyl groups is 3. The average Bonchev–Trinajstić information content (AvgIpc) is 2.38. The normalized spacial score (nSPS) is 12.4. The first-order chi connectivity index (χ1) is 9.62. The molecule has 0 aliphatic heterocycles. The van der Waals surface area contributed by atoms with Crippen LogP contribution in [0, 0.1) is 0 Å². The van der Waals surface area contributed by atoms with Crippen LogP contribution < -0.4 is 0 Å². The lowest BCUT2D eigenvalue weighted by atomic mass is 9.77. The quantitative estimate of drug-likeness (QED) is 0.552. The molecule has 0 amide bonds. The molecule has 0 saturated heterocycles. The summed E-state index contributed by atoms with van der Waals surface area (Å²) >= 11 is 0. The largest absolute Gasteiger partial charge is 0.508 e. The van der Waals surface area contributed by atoms with Crippen molar-refractivity contribution in [2.75, 3.05) is 0 Å².